The predicted octanol–water partition coefficient (Wildman–Crippen LogP) is 0.695. The van der Waals surface area contributed by atoms with Gasteiger partial charge >= 0.3 is 0 Å². The van der Waals surface area contributed by atoms with Crippen LogP contribution in [0.3, 0.4) is 0 Å². The molecule has 0 amide bonds. The molecule has 4 rings (SSSR count). The normalized spacial score (nSPS) is 19.9. The third-order valence-electron chi connectivity index (χ3n) is 5.33. The highest BCUT2D eigenvalue weighted by Gasteiger charge is 2.40. The topological polar surface area (TPSA) is 90.2 Å². The van der Waals surface area contributed by atoms with Crippen molar-refractivity contribution in [2.24, 2.45) is 0 Å². The van der Waals surface area contributed by atoms with Gasteiger partial charge in [-0.05, 0) is 23.8 Å². The van der Waals surface area contributed by atoms with E-state index >= 15 is 0 Å². The number of fused-ring (bicyclic) bond motifs is 2. The van der Waals surface area contributed by atoms with Gasteiger partial charge in [-0.1, -0.05) is 6.08 Å². The Kier molecular flexibility index (Phi) is 4.64. The summed E-state index contributed by atoms with van der Waals surface area (Å²) in [5.74, 6) is 1.53. The summed E-state index contributed by atoms with van der Waals surface area (Å²) in [6.07, 6.45) is 2.40. The lowest BCUT2D eigenvalue weighted by atomic mass is 9.87. The molecule has 0 fully saturated rings. The second kappa shape index (κ2) is 6.99. The summed E-state index contributed by atoms with van der Waals surface area (Å²) in [5, 5.41) is 11.0. The van der Waals surface area contributed by atoms with Crippen LogP contribution >= 0.6 is 12.2 Å². The van der Waals surface area contributed by atoms with Crippen LogP contribution in [0.5, 0.6) is 23.1 Å². The van der Waals surface area contributed by atoms with Crippen molar-refractivity contribution in [3.63, 3.8) is 0 Å². The van der Waals surface area contributed by atoms with Crippen LogP contribution in [-0.2, 0) is 13.0 Å². The average Bonchev–Trinajstić information content (AvgIpc) is 3.13. The lowest BCUT2D eigenvalue weighted by Crippen LogP contribution is -3.10. The molecule has 148 valence electrons. The van der Waals surface area contributed by atoms with Crippen LogP contribution in [0.15, 0.2) is 23.5 Å². The van der Waals surface area contributed by atoms with Gasteiger partial charge in [0.05, 0.1) is 26.3 Å². The number of aromatic hydroxyl groups is 1. The van der Waals surface area contributed by atoms with Gasteiger partial charge in [-0.25, -0.2) is 0 Å². The van der Waals surface area contributed by atoms with Gasteiger partial charge in [-0.2, -0.15) is 0 Å². The van der Waals surface area contributed by atoms with Crippen LogP contribution in [0.4, 0.5) is 0 Å². The quantitative estimate of drug-likeness (QED) is 0.513. The number of aromatic amines is 1. The number of hydrogen-bond donors (Lipinski definition) is 3. The van der Waals surface area contributed by atoms with Crippen molar-refractivity contribution in [2.45, 2.75) is 19.0 Å². The molecule has 3 N–H and O–H groups in total. The van der Waals surface area contributed by atoms with Crippen LogP contribution in [0.25, 0.3) is 0 Å². The summed E-state index contributed by atoms with van der Waals surface area (Å²) in [5.41, 5.74) is 1.65. The van der Waals surface area contributed by atoms with Gasteiger partial charge in [0.2, 0.25) is 18.4 Å². The van der Waals surface area contributed by atoms with Crippen LogP contribution < -0.4 is 24.7 Å². The number of aromatic nitrogens is 2. The van der Waals surface area contributed by atoms with Gasteiger partial charge in [-0.3, -0.25) is 14.3 Å². The molecule has 2 aromatic rings. The maximum atomic E-state index is 12.9. The summed E-state index contributed by atoms with van der Waals surface area (Å²) in [4.78, 5) is 16.6. The fraction of sp³-hybridized carbons (Fsp3) is 0.368. The van der Waals surface area contributed by atoms with Crippen molar-refractivity contribution in [1.82, 2.24) is 9.55 Å². The smallest absolute Gasteiger partial charge is 0.265 e. The highest BCUT2D eigenvalue weighted by atomic mass is 32.1. The molecular formula is C19H22N3O5S+. The minimum atomic E-state index is -0.455. The highest BCUT2D eigenvalue weighted by Crippen LogP contribution is 2.48. The zero-order valence-corrected chi connectivity index (χ0v) is 16.5. The summed E-state index contributed by atoms with van der Waals surface area (Å²) in [7, 11) is 3.54. The molecule has 0 spiro atoms. The Bertz CT molecular complexity index is 1070. The van der Waals surface area contributed by atoms with Crippen molar-refractivity contribution >= 4 is 12.2 Å². The van der Waals surface area contributed by atoms with E-state index in [2.05, 4.69) is 11.6 Å². The van der Waals surface area contributed by atoms with E-state index in [1.165, 1.54) is 4.57 Å². The van der Waals surface area contributed by atoms with Crippen LogP contribution in [0.1, 0.15) is 22.7 Å². The molecule has 2 aliphatic rings. The van der Waals surface area contributed by atoms with Gasteiger partial charge in [0.15, 0.2) is 22.3 Å². The molecule has 8 nitrogen and oxygen atoms in total. The number of H-pyrrole nitrogens is 1. The molecule has 9 heteroatoms. The van der Waals surface area contributed by atoms with E-state index in [0.717, 1.165) is 29.0 Å². The summed E-state index contributed by atoms with van der Waals surface area (Å²) in [6.45, 7) is 4.87. The largest absolute Gasteiger partial charge is 0.494 e. The zero-order valence-electron chi connectivity index (χ0n) is 15.7. The van der Waals surface area contributed by atoms with Crippen molar-refractivity contribution in [3.05, 3.63) is 50.5 Å². The first-order valence-corrected chi connectivity index (χ1v) is 9.37. The SMILES string of the molecule is C=CCn1c(O)c([C@H]2c3c(cc4c(c3OC)OCO4)CC[NH+]2C)c(=O)[nH]c1=S. The monoisotopic (exact) mass is 404 g/mol. The second-order valence-electron chi connectivity index (χ2n) is 6.89. The standard InChI is InChI=1S/C19H21N3O5S/c1-4-6-22-18(24)13(17(23)20-19(22)28)14-12-10(5-7-21(14)2)8-11-15(16(12)25-3)27-9-26-11/h4,8,14,24H,1,5-7,9H2,2-3H3,(H,20,23,28)/p+1/t14-/m1/s1. The van der Waals surface area contributed by atoms with Gasteiger partial charge in [0.25, 0.3) is 5.56 Å². The maximum Gasteiger partial charge on any atom is 0.265 e. The summed E-state index contributed by atoms with van der Waals surface area (Å²) < 4.78 is 18.4. The number of benzene rings is 1. The van der Waals surface area contributed by atoms with E-state index in [1.807, 2.05) is 13.1 Å². The van der Waals surface area contributed by atoms with E-state index in [1.54, 1.807) is 13.2 Å². The lowest BCUT2D eigenvalue weighted by molar-refractivity contribution is -0.908. The van der Waals surface area contributed by atoms with E-state index in [-0.39, 0.29) is 29.6 Å². The lowest BCUT2D eigenvalue weighted by Gasteiger charge is -2.33. The van der Waals surface area contributed by atoms with Crippen molar-refractivity contribution in [2.75, 3.05) is 27.5 Å². The molecule has 1 aromatic carbocycles. The number of hydrogen-bond acceptors (Lipinski definition) is 6. The van der Waals surface area contributed by atoms with Gasteiger partial charge in [-0.15, -0.1) is 6.58 Å². The van der Waals surface area contributed by atoms with Crippen molar-refractivity contribution < 1.29 is 24.2 Å². The molecule has 1 unspecified atom stereocenters. The average molecular weight is 404 g/mol. The molecule has 2 aliphatic heterocycles. The van der Waals surface area contributed by atoms with Gasteiger partial charge < -0.3 is 24.2 Å². The fourth-order valence-corrected chi connectivity index (χ4v) is 4.30. The first-order chi connectivity index (χ1) is 13.5. The van der Waals surface area contributed by atoms with Crippen LogP contribution in [-0.4, -0.2) is 42.2 Å². The minimum Gasteiger partial charge on any atom is -0.494 e. The molecule has 0 bridgehead atoms. The Morgan fingerprint density at radius 1 is 1.50 bits per heavy atom. The third-order valence-corrected chi connectivity index (χ3v) is 5.65. The van der Waals surface area contributed by atoms with E-state index in [4.69, 9.17) is 26.4 Å². The first kappa shape index (κ1) is 18.6. The Morgan fingerprint density at radius 3 is 3.00 bits per heavy atom. The Balaban J connectivity index is 2.01. The van der Waals surface area contributed by atoms with Gasteiger partial charge in [0.1, 0.15) is 5.56 Å². The van der Waals surface area contributed by atoms with E-state index < -0.39 is 11.6 Å². The summed E-state index contributed by atoms with van der Waals surface area (Å²) >= 11 is 5.21. The first-order valence-electron chi connectivity index (χ1n) is 8.96. The summed E-state index contributed by atoms with van der Waals surface area (Å²) in [6, 6.07) is 1.48. The van der Waals surface area contributed by atoms with Crippen LogP contribution in [0.2, 0.25) is 0 Å². The number of nitrogens with zero attached hydrogens (tertiary/aromatic N) is 1. The molecule has 3 heterocycles. The van der Waals surface area contributed by atoms with Gasteiger partial charge in [0, 0.05) is 13.0 Å². The van der Waals surface area contributed by atoms with E-state index in [9.17, 15) is 9.90 Å². The molecule has 2 atom stereocenters. The molecule has 0 saturated carbocycles. The molecule has 0 aliphatic carbocycles. The van der Waals surface area contributed by atoms with Crippen molar-refractivity contribution in [3.8, 4) is 23.1 Å². The van der Waals surface area contributed by atoms with Crippen LogP contribution in [0, 0.1) is 4.77 Å². The maximum absolute atomic E-state index is 12.9. The Labute approximate surface area is 166 Å². The predicted molar refractivity (Wildman–Crippen MR) is 104 cm³/mol. The molecule has 1 aromatic heterocycles. The Morgan fingerprint density at radius 2 is 2.29 bits per heavy atom. The second-order valence-corrected chi connectivity index (χ2v) is 7.28. The number of methoxy groups -OCH3 is 1. The number of likely N-dealkylation sites (N-methyl/N-ethyl adjacent to an activating group) is 1. The number of nitrogens with one attached hydrogen (secondary N) is 2. The van der Waals surface area contributed by atoms with E-state index in [0.29, 0.717) is 17.2 Å². The zero-order chi connectivity index (χ0) is 20.0. The van der Waals surface area contributed by atoms with Crippen molar-refractivity contribution in [1.29, 1.82) is 0 Å². The number of rotatable bonds is 4. The fourth-order valence-electron chi connectivity index (χ4n) is 4.05. The number of ether oxygens (including phenoxy) is 3. The number of allylic oxidation sites excluding steroid dienone is 1. The molecular weight excluding hydrogens is 382 g/mol. The third kappa shape index (κ3) is 2.70. The number of quaternary nitrogens is 1. The molecule has 0 radical (unpaired) electrons. The highest BCUT2D eigenvalue weighted by molar-refractivity contribution is 7.71. The molecule has 28 heavy (non-hydrogen) atoms. The Hall–Kier alpha value is -2.78. The minimum absolute atomic E-state index is 0.123. The molecule has 0 saturated heterocycles.